The largest absolute Gasteiger partial charge is 0.0888 e. The maximum absolute atomic E-state index is 4.11. The highest BCUT2D eigenvalue weighted by Gasteiger charge is 2.52. The third-order valence-corrected chi connectivity index (χ3v) is 14.8. The second-order valence-corrected chi connectivity index (χ2v) is 15.9. The van der Waals surface area contributed by atoms with Crippen molar-refractivity contribution in [2.45, 2.75) is 86.2 Å². The number of benzene rings is 1. The summed E-state index contributed by atoms with van der Waals surface area (Å²) in [6.45, 7) is 5.04. The molecule has 0 aliphatic heterocycles. The van der Waals surface area contributed by atoms with Crippen LogP contribution in [0.2, 0.25) is 0 Å². The molecule has 1 aromatic carbocycles. The lowest BCUT2D eigenvalue weighted by Crippen LogP contribution is -2.42. The second kappa shape index (κ2) is 8.86. The van der Waals surface area contributed by atoms with E-state index in [-0.39, 0.29) is 7.92 Å². The van der Waals surface area contributed by atoms with Gasteiger partial charge in [0.05, 0.1) is 0 Å². The van der Waals surface area contributed by atoms with Crippen LogP contribution in [0.15, 0.2) is 30.3 Å². The van der Waals surface area contributed by atoms with E-state index in [9.17, 15) is 0 Å². The van der Waals surface area contributed by atoms with Crippen molar-refractivity contribution in [3.63, 3.8) is 0 Å². The van der Waals surface area contributed by atoms with Gasteiger partial charge in [0.2, 0.25) is 0 Å². The number of fused-ring (bicyclic) bond motifs is 2. The van der Waals surface area contributed by atoms with Crippen molar-refractivity contribution >= 4 is 45.1 Å². The molecule has 4 aliphatic rings. The standard InChI is InChI=1S/C26H37Br2P/c1-16-12-19-21(14-16)25(10-8-23(19)27)29(18-6-4-3-5-7-18)26-11-9-24(28)20-13-17(2)15-22(20)26/h3-7,16-17,19-26H,8-15H2,1-2H3. The molecule has 160 valence electrons. The fourth-order valence-electron chi connectivity index (χ4n) is 7.90. The Balaban J connectivity index is 1.51. The van der Waals surface area contributed by atoms with E-state index in [2.05, 4.69) is 76.0 Å². The van der Waals surface area contributed by atoms with Gasteiger partial charge in [-0.25, -0.2) is 0 Å². The van der Waals surface area contributed by atoms with Gasteiger partial charge < -0.3 is 0 Å². The average molecular weight is 540 g/mol. The quantitative estimate of drug-likeness (QED) is 0.270. The minimum absolute atomic E-state index is 0.0735. The molecule has 0 nitrogen and oxygen atoms in total. The van der Waals surface area contributed by atoms with Crippen LogP contribution in [0.3, 0.4) is 0 Å². The molecule has 5 rings (SSSR count). The zero-order valence-electron chi connectivity index (χ0n) is 18.0. The van der Waals surface area contributed by atoms with Crippen molar-refractivity contribution in [2.75, 3.05) is 0 Å². The van der Waals surface area contributed by atoms with E-state index in [1.165, 1.54) is 51.4 Å². The normalized spacial score (nSPS) is 48.1. The summed E-state index contributed by atoms with van der Waals surface area (Å²) in [6, 6.07) is 11.9. The highest BCUT2D eigenvalue weighted by atomic mass is 79.9. The summed E-state index contributed by atoms with van der Waals surface area (Å²) in [5, 5.41) is 1.73. The predicted octanol–water partition coefficient (Wildman–Crippen LogP) is 7.97. The average Bonchev–Trinajstić information content (AvgIpc) is 3.30. The highest BCUT2D eigenvalue weighted by Crippen LogP contribution is 2.65. The Kier molecular flexibility index (Phi) is 6.56. The summed E-state index contributed by atoms with van der Waals surface area (Å²) >= 11 is 8.23. The second-order valence-electron chi connectivity index (χ2n) is 10.9. The van der Waals surface area contributed by atoms with Gasteiger partial charge in [-0.1, -0.05) is 84.0 Å². The van der Waals surface area contributed by atoms with Crippen molar-refractivity contribution in [2.24, 2.45) is 35.5 Å². The zero-order valence-corrected chi connectivity index (χ0v) is 22.1. The molecule has 10 atom stereocenters. The Labute approximate surface area is 196 Å². The lowest BCUT2D eigenvalue weighted by molar-refractivity contribution is 0.279. The molecule has 4 aliphatic carbocycles. The fourth-order valence-corrected chi connectivity index (χ4v) is 13.8. The first-order valence-electron chi connectivity index (χ1n) is 12.1. The Morgan fingerprint density at radius 1 is 0.655 bits per heavy atom. The number of hydrogen-bond acceptors (Lipinski definition) is 0. The van der Waals surface area contributed by atoms with Crippen LogP contribution in [0, 0.1) is 35.5 Å². The molecular formula is C26H37Br2P. The third-order valence-electron chi connectivity index (χ3n) is 8.96. The lowest BCUT2D eigenvalue weighted by atomic mass is 9.80. The van der Waals surface area contributed by atoms with Crippen LogP contribution in [-0.4, -0.2) is 21.0 Å². The smallest absolute Gasteiger partial charge is 0.0177 e. The molecule has 1 aromatic rings. The van der Waals surface area contributed by atoms with Crippen LogP contribution < -0.4 is 5.30 Å². The molecule has 4 saturated carbocycles. The topological polar surface area (TPSA) is 0 Å². The molecular weight excluding hydrogens is 503 g/mol. The summed E-state index contributed by atoms with van der Waals surface area (Å²) in [5.74, 6) is 5.65. The Morgan fingerprint density at radius 2 is 1.10 bits per heavy atom. The van der Waals surface area contributed by atoms with Gasteiger partial charge in [-0.3, -0.25) is 0 Å². The molecule has 0 bridgehead atoms. The molecule has 0 heterocycles. The van der Waals surface area contributed by atoms with Gasteiger partial charge in [0, 0.05) is 9.65 Å². The first-order valence-corrected chi connectivity index (χ1v) is 15.5. The summed E-state index contributed by atoms with van der Waals surface area (Å²) < 4.78 is 0. The zero-order chi connectivity index (χ0) is 20.1. The number of hydrogen-bond donors (Lipinski definition) is 0. The minimum atomic E-state index is -0.0735. The van der Waals surface area contributed by atoms with Crippen molar-refractivity contribution in [3.8, 4) is 0 Å². The van der Waals surface area contributed by atoms with Gasteiger partial charge in [-0.05, 0) is 103 Å². The summed E-state index contributed by atoms with van der Waals surface area (Å²) in [6.07, 6.45) is 11.6. The van der Waals surface area contributed by atoms with Gasteiger partial charge in [-0.2, -0.15) is 0 Å². The van der Waals surface area contributed by atoms with Crippen molar-refractivity contribution < 1.29 is 0 Å². The molecule has 4 fully saturated rings. The maximum atomic E-state index is 4.11. The molecule has 0 N–H and O–H groups in total. The van der Waals surface area contributed by atoms with Crippen LogP contribution in [-0.2, 0) is 0 Å². The van der Waals surface area contributed by atoms with E-state index in [1.807, 2.05) is 0 Å². The number of rotatable bonds is 3. The molecule has 29 heavy (non-hydrogen) atoms. The Morgan fingerprint density at radius 3 is 1.59 bits per heavy atom. The molecule has 0 amide bonds. The van der Waals surface area contributed by atoms with Crippen molar-refractivity contribution in [1.82, 2.24) is 0 Å². The van der Waals surface area contributed by atoms with Crippen LogP contribution in [0.1, 0.15) is 65.2 Å². The van der Waals surface area contributed by atoms with Crippen LogP contribution in [0.25, 0.3) is 0 Å². The van der Waals surface area contributed by atoms with Crippen LogP contribution in [0.5, 0.6) is 0 Å². The Hall–Kier alpha value is 0.610. The SMILES string of the molecule is CC1CC2C(Br)CCC(P(c3ccccc3)C3CCC(Br)C4CC(C)CC43)C2C1. The van der Waals surface area contributed by atoms with E-state index in [4.69, 9.17) is 0 Å². The van der Waals surface area contributed by atoms with Crippen LogP contribution in [0.4, 0.5) is 0 Å². The van der Waals surface area contributed by atoms with Crippen molar-refractivity contribution in [1.29, 1.82) is 0 Å². The fraction of sp³-hybridized carbons (Fsp3) is 0.769. The van der Waals surface area contributed by atoms with Gasteiger partial charge >= 0.3 is 0 Å². The number of halogens is 2. The predicted molar refractivity (Wildman–Crippen MR) is 135 cm³/mol. The van der Waals surface area contributed by atoms with E-state index < -0.39 is 0 Å². The molecule has 0 saturated heterocycles. The summed E-state index contributed by atoms with van der Waals surface area (Å²) in [7, 11) is -0.0735. The van der Waals surface area contributed by atoms with E-state index in [1.54, 1.807) is 5.30 Å². The van der Waals surface area contributed by atoms with Gasteiger partial charge in [0.25, 0.3) is 0 Å². The van der Waals surface area contributed by atoms with Crippen LogP contribution >= 0.6 is 39.8 Å². The van der Waals surface area contributed by atoms with Gasteiger partial charge in [-0.15, -0.1) is 0 Å². The van der Waals surface area contributed by atoms with E-state index >= 15 is 0 Å². The highest BCUT2D eigenvalue weighted by molar-refractivity contribution is 9.09. The first kappa shape index (κ1) is 21.5. The minimum Gasteiger partial charge on any atom is -0.0888 e. The van der Waals surface area contributed by atoms with Crippen molar-refractivity contribution in [3.05, 3.63) is 30.3 Å². The molecule has 0 radical (unpaired) electrons. The van der Waals surface area contributed by atoms with E-state index in [0.29, 0.717) is 0 Å². The molecule has 3 heteroatoms. The summed E-state index contributed by atoms with van der Waals surface area (Å²) in [4.78, 5) is 1.55. The first-order chi connectivity index (χ1) is 14.0. The number of alkyl halides is 2. The molecule has 0 spiro atoms. The maximum Gasteiger partial charge on any atom is 0.0177 e. The Bertz CT molecular complexity index is 653. The third kappa shape index (κ3) is 4.06. The lowest BCUT2D eigenvalue weighted by Gasteiger charge is -2.49. The van der Waals surface area contributed by atoms with Gasteiger partial charge in [0.1, 0.15) is 0 Å². The molecule has 0 aromatic heterocycles. The van der Waals surface area contributed by atoms with E-state index in [0.717, 1.165) is 56.5 Å². The van der Waals surface area contributed by atoms with Gasteiger partial charge in [0.15, 0.2) is 0 Å². The summed E-state index contributed by atoms with van der Waals surface area (Å²) in [5.41, 5.74) is 1.93. The molecule has 10 unspecified atom stereocenters. The monoisotopic (exact) mass is 538 g/mol.